The number of sulfonamides is 1. The summed E-state index contributed by atoms with van der Waals surface area (Å²) in [6.07, 6.45) is -2.95. The third kappa shape index (κ3) is 4.52. The Kier molecular flexibility index (Phi) is 5.63. The molecular weight excluding hydrogens is 431 g/mol. The Hall–Kier alpha value is -3.05. The van der Waals surface area contributed by atoms with Gasteiger partial charge in [0.1, 0.15) is 5.69 Å². The van der Waals surface area contributed by atoms with E-state index in [0.717, 1.165) is 12.1 Å². The quantitative estimate of drug-likeness (QED) is 0.609. The molecule has 0 amide bonds. The molecule has 2 aromatic heterocycles. The van der Waals surface area contributed by atoms with E-state index in [1.807, 2.05) is 17.0 Å². The molecule has 3 heterocycles. The van der Waals surface area contributed by atoms with E-state index >= 15 is 0 Å². The molecule has 0 atom stereocenters. The van der Waals surface area contributed by atoms with E-state index in [2.05, 4.69) is 15.2 Å². The van der Waals surface area contributed by atoms with Gasteiger partial charge in [0.05, 0.1) is 16.2 Å². The second-order valence-electron chi connectivity index (χ2n) is 6.91. The summed E-state index contributed by atoms with van der Waals surface area (Å²) >= 11 is 0. The number of nitrogens with zero attached hydrogens (tertiary/aromatic N) is 5. The van der Waals surface area contributed by atoms with Crippen LogP contribution in [0, 0.1) is 0 Å². The Morgan fingerprint density at radius 3 is 2.23 bits per heavy atom. The van der Waals surface area contributed by atoms with Crippen LogP contribution in [0.1, 0.15) is 5.56 Å². The topological polar surface area (TPSA) is 79.3 Å². The molecule has 0 unspecified atom stereocenters. The minimum absolute atomic E-state index is 0.127. The summed E-state index contributed by atoms with van der Waals surface area (Å²) < 4.78 is 65.6. The third-order valence-corrected chi connectivity index (χ3v) is 6.83. The molecule has 162 valence electrons. The van der Waals surface area contributed by atoms with Crippen molar-refractivity contribution >= 4 is 15.8 Å². The average Bonchev–Trinajstić information content (AvgIpc) is 2.79. The van der Waals surface area contributed by atoms with Gasteiger partial charge in [-0.15, -0.1) is 10.2 Å². The van der Waals surface area contributed by atoms with Crippen LogP contribution in [0.25, 0.3) is 11.4 Å². The second kappa shape index (κ2) is 8.23. The molecule has 0 bridgehead atoms. The predicted octanol–water partition coefficient (Wildman–Crippen LogP) is 3.07. The van der Waals surface area contributed by atoms with E-state index in [1.165, 1.54) is 10.4 Å². The number of pyridine rings is 1. The summed E-state index contributed by atoms with van der Waals surface area (Å²) in [7, 11) is -4.03. The summed E-state index contributed by atoms with van der Waals surface area (Å²) in [4.78, 5) is 5.74. The van der Waals surface area contributed by atoms with Gasteiger partial charge in [0.2, 0.25) is 10.0 Å². The number of benzene rings is 1. The zero-order chi connectivity index (χ0) is 22.1. The van der Waals surface area contributed by atoms with E-state index in [9.17, 15) is 21.6 Å². The number of anilines is 1. The maximum atomic E-state index is 12.9. The smallest absolute Gasteiger partial charge is 0.352 e. The van der Waals surface area contributed by atoms with Crippen molar-refractivity contribution in [2.24, 2.45) is 0 Å². The van der Waals surface area contributed by atoms with Gasteiger partial charge in [-0.3, -0.25) is 4.98 Å². The number of hydrogen-bond donors (Lipinski definition) is 0. The van der Waals surface area contributed by atoms with E-state index in [4.69, 9.17) is 0 Å². The van der Waals surface area contributed by atoms with Crippen molar-refractivity contribution in [2.75, 3.05) is 31.1 Å². The SMILES string of the molecule is O=S(=O)(c1cccc(C(F)(F)F)c1)N1CCN(c2ccc(-c3ccccn3)nn2)CC1. The summed E-state index contributed by atoms with van der Waals surface area (Å²) in [5, 5.41) is 8.39. The molecule has 1 aliphatic rings. The normalized spacial score (nSPS) is 15.8. The average molecular weight is 449 g/mol. The predicted molar refractivity (Wildman–Crippen MR) is 108 cm³/mol. The molecule has 1 aromatic carbocycles. The molecule has 1 saturated heterocycles. The van der Waals surface area contributed by atoms with Crippen LogP contribution in [0.5, 0.6) is 0 Å². The van der Waals surface area contributed by atoms with Gasteiger partial charge < -0.3 is 4.90 Å². The van der Waals surface area contributed by atoms with Gasteiger partial charge in [-0.1, -0.05) is 12.1 Å². The van der Waals surface area contributed by atoms with Crippen molar-refractivity contribution < 1.29 is 21.6 Å². The highest BCUT2D eigenvalue weighted by Gasteiger charge is 2.34. The summed E-state index contributed by atoms with van der Waals surface area (Å²) in [5.41, 5.74) is 0.323. The Morgan fingerprint density at radius 1 is 0.839 bits per heavy atom. The lowest BCUT2D eigenvalue weighted by Crippen LogP contribution is -2.49. The van der Waals surface area contributed by atoms with Crippen molar-refractivity contribution in [3.05, 3.63) is 66.4 Å². The van der Waals surface area contributed by atoms with Crippen LogP contribution >= 0.6 is 0 Å². The van der Waals surface area contributed by atoms with Crippen LogP contribution in [-0.2, 0) is 16.2 Å². The van der Waals surface area contributed by atoms with Crippen LogP contribution in [0.3, 0.4) is 0 Å². The van der Waals surface area contributed by atoms with Crippen LogP contribution < -0.4 is 4.90 Å². The number of halogens is 3. The number of alkyl halides is 3. The van der Waals surface area contributed by atoms with Gasteiger partial charge in [-0.2, -0.15) is 17.5 Å². The minimum atomic E-state index is -4.61. The van der Waals surface area contributed by atoms with E-state index in [0.29, 0.717) is 36.4 Å². The fraction of sp³-hybridized carbons (Fsp3) is 0.250. The van der Waals surface area contributed by atoms with Gasteiger partial charge in [0.25, 0.3) is 0 Å². The fourth-order valence-electron chi connectivity index (χ4n) is 3.28. The molecule has 0 aliphatic carbocycles. The first-order valence-electron chi connectivity index (χ1n) is 9.43. The number of aromatic nitrogens is 3. The van der Waals surface area contributed by atoms with Crippen LogP contribution in [0.15, 0.2) is 65.7 Å². The van der Waals surface area contributed by atoms with Crippen LogP contribution in [0.4, 0.5) is 19.0 Å². The Morgan fingerprint density at radius 2 is 1.61 bits per heavy atom. The Balaban J connectivity index is 1.45. The standard InChI is InChI=1S/C20H18F3N5O2S/c21-20(22,23)15-4-3-5-16(14-15)31(29,30)28-12-10-27(11-13-28)19-8-7-18(25-26-19)17-6-1-2-9-24-17/h1-9,14H,10-13H2. The number of rotatable bonds is 4. The van der Waals surface area contributed by atoms with E-state index < -0.39 is 21.8 Å². The van der Waals surface area contributed by atoms with Gasteiger partial charge in [-0.25, -0.2) is 8.42 Å². The van der Waals surface area contributed by atoms with Crippen molar-refractivity contribution in [1.82, 2.24) is 19.5 Å². The fourth-order valence-corrected chi connectivity index (χ4v) is 4.75. The second-order valence-corrected chi connectivity index (χ2v) is 8.85. The summed E-state index contributed by atoms with van der Waals surface area (Å²) in [6.45, 7) is 0.941. The molecule has 31 heavy (non-hydrogen) atoms. The Labute approximate surface area is 177 Å². The van der Waals surface area contributed by atoms with Crippen molar-refractivity contribution in [3.8, 4) is 11.4 Å². The molecular formula is C20H18F3N5O2S. The molecule has 11 heteroatoms. The van der Waals surface area contributed by atoms with Crippen LogP contribution in [-0.4, -0.2) is 54.1 Å². The first-order chi connectivity index (χ1) is 14.7. The minimum Gasteiger partial charge on any atom is -0.352 e. The van der Waals surface area contributed by atoms with Crippen molar-refractivity contribution in [2.45, 2.75) is 11.1 Å². The zero-order valence-corrected chi connectivity index (χ0v) is 17.0. The highest BCUT2D eigenvalue weighted by molar-refractivity contribution is 7.89. The Bertz CT molecular complexity index is 1150. The largest absolute Gasteiger partial charge is 0.416 e. The third-order valence-electron chi connectivity index (χ3n) is 4.94. The van der Waals surface area contributed by atoms with Crippen molar-refractivity contribution in [1.29, 1.82) is 0 Å². The monoisotopic (exact) mass is 449 g/mol. The van der Waals surface area contributed by atoms with Gasteiger partial charge in [0, 0.05) is 32.4 Å². The summed E-state index contributed by atoms with van der Waals surface area (Å²) in [5.74, 6) is 0.593. The first kappa shape index (κ1) is 21.2. The van der Waals surface area contributed by atoms with Gasteiger partial charge in [0.15, 0.2) is 5.82 Å². The molecule has 1 fully saturated rings. The molecule has 4 rings (SSSR count). The first-order valence-corrected chi connectivity index (χ1v) is 10.9. The highest BCUT2D eigenvalue weighted by Crippen LogP contribution is 2.31. The molecule has 0 saturated carbocycles. The maximum Gasteiger partial charge on any atom is 0.416 e. The maximum absolute atomic E-state index is 12.9. The van der Waals surface area contributed by atoms with Crippen LogP contribution in [0.2, 0.25) is 0 Å². The molecule has 7 nitrogen and oxygen atoms in total. The molecule has 3 aromatic rings. The number of piperazine rings is 1. The molecule has 1 aliphatic heterocycles. The molecule has 0 spiro atoms. The lowest BCUT2D eigenvalue weighted by atomic mass is 10.2. The van der Waals surface area contributed by atoms with Gasteiger partial charge >= 0.3 is 6.18 Å². The van der Waals surface area contributed by atoms with E-state index in [1.54, 1.807) is 24.4 Å². The molecule has 0 N–H and O–H groups in total. The summed E-state index contributed by atoms with van der Waals surface area (Å²) in [6, 6.07) is 12.9. The van der Waals surface area contributed by atoms with Gasteiger partial charge in [-0.05, 0) is 42.5 Å². The lowest BCUT2D eigenvalue weighted by Gasteiger charge is -2.34. The van der Waals surface area contributed by atoms with E-state index in [-0.39, 0.29) is 18.0 Å². The zero-order valence-electron chi connectivity index (χ0n) is 16.2. The van der Waals surface area contributed by atoms with Crippen molar-refractivity contribution in [3.63, 3.8) is 0 Å². The highest BCUT2D eigenvalue weighted by atomic mass is 32.2. The lowest BCUT2D eigenvalue weighted by molar-refractivity contribution is -0.137. The molecule has 0 radical (unpaired) electrons. The number of hydrogen-bond acceptors (Lipinski definition) is 6.